The number of rotatable bonds is 11. The molecule has 1 aliphatic rings. The Morgan fingerprint density at radius 3 is 2.80 bits per heavy atom. The van der Waals surface area contributed by atoms with Crippen LogP contribution in [0.3, 0.4) is 0 Å². The van der Waals surface area contributed by atoms with Crippen LogP contribution in [0.1, 0.15) is 71.1 Å². The summed E-state index contributed by atoms with van der Waals surface area (Å²) in [6, 6.07) is 0. The lowest BCUT2D eigenvalue weighted by molar-refractivity contribution is -0.162. The second-order valence-electron chi connectivity index (χ2n) is 5.64. The minimum absolute atomic E-state index is 0.0518. The van der Waals surface area contributed by atoms with E-state index in [0.29, 0.717) is 0 Å². The Morgan fingerprint density at radius 1 is 1.20 bits per heavy atom. The SMILES string of the molecule is CC/C=C\CC(O)CCCCCCOC1CCCCO1. The molecule has 0 aliphatic carbocycles. The molecule has 1 heterocycles. The summed E-state index contributed by atoms with van der Waals surface area (Å²) in [6.07, 6.45) is 14.9. The van der Waals surface area contributed by atoms with E-state index in [-0.39, 0.29) is 12.4 Å². The van der Waals surface area contributed by atoms with Crippen molar-refractivity contribution in [1.29, 1.82) is 0 Å². The van der Waals surface area contributed by atoms with Crippen LogP contribution >= 0.6 is 0 Å². The third kappa shape index (κ3) is 9.51. The van der Waals surface area contributed by atoms with Gasteiger partial charge >= 0.3 is 0 Å². The molecule has 20 heavy (non-hydrogen) atoms. The maximum absolute atomic E-state index is 9.76. The van der Waals surface area contributed by atoms with E-state index >= 15 is 0 Å². The van der Waals surface area contributed by atoms with Gasteiger partial charge in [0.25, 0.3) is 0 Å². The first-order chi connectivity index (χ1) is 9.83. The number of hydrogen-bond acceptors (Lipinski definition) is 3. The van der Waals surface area contributed by atoms with Crippen LogP contribution in [0.25, 0.3) is 0 Å². The number of unbranched alkanes of at least 4 members (excludes halogenated alkanes) is 3. The highest BCUT2D eigenvalue weighted by molar-refractivity contribution is 4.82. The van der Waals surface area contributed by atoms with Crippen LogP contribution in [-0.4, -0.2) is 30.7 Å². The second-order valence-corrected chi connectivity index (χ2v) is 5.64. The lowest BCUT2D eigenvalue weighted by Crippen LogP contribution is -2.22. The van der Waals surface area contributed by atoms with Crippen LogP contribution in [0.4, 0.5) is 0 Å². The highest BCUT2D eigenvalue weighted by Crippen LogP contribution is 2.14. The minimum atomic E-state index is -0.162. The zero-order chi connectivity index (χ0) is 14.5. The molecule has 0 aromatic carbocycles. The van der Waals surface area contributed by atoms with Gasteiger partial charge in [-0.3, -0.25) is 0 Å². The van der Waals surface area contributed by atoms with E-state index in [2.05, 4.69) is 19.1 Å². The topological polar surface area (TPSA) is 38.7 Å². The summed E-state index contributed by atoms with van der Waals surface area (Å²) in [4.78, 5) is 0. The first kappa shape index (κ1) is 17.7. The van der Waals surface area contributed by atoms with Gasteiger partial charge in [0.15, 0.2) is 6.29 Å². The molecular weight excluding hydrogens is 252 g/mol. The minimum Gasteiger partial charge on any atom is -0.393 e. The van der Waals surface area contributed by atoms with E-state index in [1.165, 1.54) is 25.7 Å². The van der Waals surface area contributed by atoms with Crippen molar-refractivity contribution >= 4 is 0 Å². The molecule has 0 aromatic rings. The predicted molar refractivity (Wildman–Crippen MR) is 82.7 cm³/mol. The lowest BCUT2D eigenvalue weighted by Gasteiger charge is -2.22. The Hall–Kier alpha value is -0.380. The zero-order valence-corrected chi connectivity index (χ0v) is 13.1. The highest BCUT2D eigenvalue weighted by Gasteiger charge is 2.13. The summed E-state index contributed by atoms with van der Waals surface area (Å²) in [5, 5.41) is 9.76. The molecule has 2 unspecified atom stereocenters. The average molecular weight is 284 g/mol. The van der Waals surface area contributed by atoms with Gasteiger partial charge in [-0.05, 0) is 44.9 Å². The Kier molecular flexibility index (Phi) is 10.9. The summed E-state index contributed by atoms with van der Waals surface area (Å²) in [5.74, 6) is 0. The fourth-order valence-corrected chi connectivity index (χ4v) is 2.43. The Bertz CT molecular complexity index is 234. The van der Waals surface area contributed by atoms with Gasteiger partial charge in [-0.15, -0.1) is 0 Å². The summed E-state index contributed by atoms with van der Waals surface area (Å²) in [5.41, 5.74) is 0. The number of hydrogen-bond donors (Lipinski definition) is 1. The smallest absolute Gasteiger partial charge is 0.157 e. The highest BCUT2D eigenvalue weighted by atomic mass is 16.7. The van der Waals surface area contributed by atoms with Gasteiger partial charge in [0.05, 0.1) is 6.10 Å². The van der Waals surface area contributed by atoms with Crippen molar-refractivity contribution in [3.63, 3.8) is 0 Å². The van der Waals surface area contributed by atoms with Crippen molar-refractivity contribution in [2.45, 2.75) is 83.5 Å². The summed E-state index contributed by atoms with van der Waals surface area (Å²) in [7, 11) is 0. The number of allylic oxidation sites excluding steroid dienone is 1. The van der Waals surface area contributed by atoms with E-state index in [1.54, 1.807) is 0 Å². The van der Waals surface area contributed by atoms with E-state index < -0.39 is 0 Å². The van der Waals surface area contributed by atoms with Crippen molar-refractivity contribution in [2.75, 3.05) is 13.2 Å². The van der Waals surface area contributed by atoms with Crippen molar-refractivity contribution < 1.29 is 14.6 Å². The van der Waals surface area contributed by atoms with E-state index in [0.717, 1.165) is 51.7 Å². The van der Waals surface area contributed by atoms with Gasteiger partial charge in [-0.25, -0.2) is 0 Å². The van der Waals surface area contributed by atoms with Gasteiger partial charge in [0, 0.05) is 13.2 Å². The Labute approximate surface area is 124 Å². The molecule has 1 saturated heterocycles. The molecule has 1 N–H and O–H groups in total. The van der Waals surface area contributed by atoms with Crippen molar-refractivity contribution in [3.8, 4) is 0 Å². The van der Waals surface area contributed by atoms with Crippen molar-refractivity contribution in [3.05, 3.63) is 12.2 Å². The van der Waals surface area contributed by atoms with Crippen LogP contribution in [0.2, 0.25) is 0 Å². The van der Waals surface area contributed by atoms with Crippen LogP contribution in [0, 0.1) is 0 Å². The normalized spacial score (nSPS) is 21.4. The molecule has 1 rings (SSSR count). The van der Waals surface area contributed by atoms with Gasteiger partial charge in [-0.1, -0.05) is 38.3 Å². The number of aliphatic hydroxyl groups excluding tert-OH is 1. The molecule has 0 spiro atoms. The van der Waals surface area contributed by atoms with Crippen molar-refractivity contribution in [2.24, 2.45) is 0 Å². The fraction of sp³-hybridized carbons (Fsp3) is 0.882. The largest absolute Gasteiger partial charge is 0.393 e. The summed E-state index contributed by atoms with van der Waals surface area (Å²) >= 11 is 0. The second kappa shape index (κ2) is 12.4. The van der Waals surface area contributed by atoms with Gasteiger partial charge in [0.1, 0.15) is 0 Å². The van der Waals surface area contributed by atoms with E-state index in [4.69, 9.17) is 9.47 Å². The van der Waals surface area contributed by atoms with E-state index in [1.807, 2.05) is 0 Å². The van der Waals surface area contributed by atoms with E-state index in [9.17, 15) is 5.11 Å². The maximum atomic E-state index is 9.76. The molecule has 0 bridgehead atoms. The maximum Gasteiger partial charge on any atom is 0.157 e. The lowest BCUT2D eigenvalue weighted by atomic mass is 10.1. The quantitative estimate of drug-likeness (QED) is 0.456. The Balaban J connectivity index is 1.83. The number of ether oxygens (including phenoxy) is 2. The third-order valence-corrected chi connectivity index (χ3v) is 3.68. The molecule has 0 amide bonds. The molecular formula is C17H32O3. The van der Waals surface area contributed by atoms with Gasteiger partial charge in [-0.2, -0.15) is 0 Å². The van der Waals surface area contributed by atoms with Crippen LogP contribution in [0.15, 0.2) is 12.2 Å². The van der Waals surface area contributed by atoms with Crippen LogP contribution in [-0.2, 0) is 9.47 Å². The molecule has 3 heteroatoms. The zero-order valence-electron chi connectivity index (χ0n) is 13.1. The molecule has 0 radical (unpaired) electrons. The first-order valence-corrected chi connectivity index (χ1v) is 8.39. The van der Waals surface area contributed by atoms with Gasteiger partial charge in [0.2, 0.25) is 0 Å². The monoisotopic (exact) mass is 284 g/mol. The molecule has 0 saturated carbocycles. The molecule has 1 fully saturated rings. The first-order valence-electron chi connectivity index (χ1n) is 8.39. The van der Waals surface area contributed by atoms with Gasteiger partial charge < -0.3 is 14.6 Å². The molecule has 118 valence electrons. The fourth-order valence-electron chi connectivity index (χ4n) is 2.43. The predicted octanol–water partition coefficient (Wildman–Crippen LogP) is 4.20. The molecule has 3 nitrogen and oxygen atoms in total. The summed E-state index contributed by atoms with van der Waals surface area (Å²) in [6.45, 7) is 3.78. The molecule has 2 atom stereocenters. The van der Waals surface area contributed by atoms with Crippen LogP contribution in [0.5, 0.6) is 0 Å². The average Bonchev–Trinajstić information content (AvgIpc) is 2.47. The molecule has 1 aliphatic heterocycles. The summed E-state index contributed by atoms with van der Waals surface area (Å²) < 4.78 is 11.2. The standard InChI is InChI=1S/C17H32O3/c1-2-3-6-11-16(18)12-7-4-5-9-14-19-17-13-8-10-15-20-17/h3,6,16-18H,2,4-5,7-15H2,1H3/b6-3-. The number of aliphatic hydroxyl groups is 1. The Morgan fingerprint density at radius 2 is 2.05 bits per heavy atom. The van der Waals surface area contributed by atoms with Crippen molar-refractivity contribution in [1.82, 2.24) is 0 Å². The third-order valence-electron chi connectivity index (χ3n) is 3.68. The van der Waals surface area contributed by atoms with Crippen LogP contribution < -0.4 is 0 Å². The molecule has 0 aromatic heterocycles.